The van der Waals surface area contributed by atoms with Crippen molar-refractivity contribution < 1.29 is 0 Å². The molecule has 1 aromatic rings. The highest BCUT2D eigenvalue weighted by atomic mass is 15.2. The van der Waals surface area contributed by atoms with Crippen LogP contribution >= 0.6 is 0 Å². The molecule has 0 saturated heterocycles. The highest BCUT2D eigenvalue weighted by Gasteiger charge is 2.18. The van der Waals surface area contributed by atoms with Gasteiger partial charge in [0.15, 0.2) is 0 Å². The Morgan fingerprint density at radius 3 is 2.16 bits per heavy atom. The van der Waals surface area contributed by atoms with Gasteiger partial charge in [-0.15, -0.1) is 0 Å². The van der Waals surface area contributed by atoms with E-state index < -0.39 is 0 Å². The third kappa shape index (κ3) is 4.36. The summed E-state index contributed by atoms with van der Waals surface area (Å²) in [7, 11) is 0. The van der Waals surface area contributed by atoms with Crippen LogP contribution in [0.1, 0.15) is 51.2 Å². The molecule has 0 fully saturated rings. The Balaban J connectivity index is 2.74. The molecule has 0 saturated carbocycles. The second-order valence-electron chi connectivity index (χ2n) is 5.75. The number of nitriles is 1. The van der Waals surface area contributed by atoms with Crippen LogP contribution in [0.3, 0.4) is 0 Å². The number of rotatable bonds is 6. The lowest BCUT2D eigenvalue weighted by atomic mass is 9.93. The lowest BCUT2D eigenvalue weighted by Gasteiger charge is -2.31. The number of aryl methyl sites for hydroxylation is 1. The summed E-state index contributed by atoms with van der Waals surface area (Å²) in [5.41, 5.74) is 2.40. The van der Waals surface area contributed by atoms with Crippen LogP contribution in [0.15, 0.2) is 24.3 Å². The minimum absolute atomic E-state index is 0.00111. The number of benzene rings is 1. The molecule has 2 heteroatoms. The molecule has 1 rings (SSSR count). The zero-order chi connectivity index (χ0) is 14.4. The van der Waals surface area contributed by atoms with Crippen LogP contribution in [0, 0.1) is 18.3 Å². The summed E-state index contributed by atoms with van der Waals surface area (Å²) in [5.74, 6) is 0.00111. The van der Waals surface area contributed by atoms with Gasteiger partial charge in [-0.05, 0) is 52.2 Å². The molecule has 0 radical (unpaired) electrons. The Bertz CT molecular complexity index is 421. The summed E-state index contributed by atoms with van der Waals surface area (Å²) >= 11 is 0. The zero-order valence-corrected chi connectivity index (χ0v) is 12.9. The predicted molar refractivity (Wildman–Crippen MR) is 81.1 cm³/mol. The first-order chi connectivity index (χ1) is 8.97. The molecule has 2 nitrogen and oxygen atoms in total. The number of nitrogens with zero attached hydrogens (tertiary/aromatic N) is 2. The number of hydrogen-bond donors (Lipinski definition) is 0. The average Bonchev–Trinajstić information content (AvgIpc) is 2.35. The fraction of sp³-hybridized carbons (Fsp3) is 0.588. The van der Waals surface area contributed by atoms with E-state index in [9.17, 15) is 5.26 Å². The van der Waals surface area contributed by atoms with Gasteiger partial charge in [0.25, 0.3) is 0 Å². The Morgan fingerprint density at radius 1 is 1.11 bits per heavy atom. The fourth-order valence-electron chi connectivity index (χ4n) is 2.66. The SMILES string of the molecule is Cc1ccccc1[C@H](C#N)CCN(C(C)C)C(C)C. The standard InChI is InChI=1S/C17H26N2/c1-13(2)19(14(3)4)11-10-16(12-18)17-9-7-6-8-15(17)5/h6-9,13-14,16H,10-11H2,1-5H3/t16-/m0/s1. The molecule has 104 valence electrons. The van der Waals surface area contributed by atoms with E-state index >= 15 is 0 Å². The Morgan fingerprint density at radius 2 is 1.68 bits per heavy atom. The van der Waals surface area contributed by atoms with Gasteiger partial charge in [-0.2, -0.15) is 5.26 Å². The molecule has 19 heavy (non-hydrogen) atoms. The third-order valence-electron chi connectivity index (χ3n) is 3.72. The van der Waals surface area contributed by atoms with Gasteiger partial charge in [-0.1, -0.05) is 24.3 Å². The van der Waals surface area contributed by atoms with Crippen LogP contribution < -0.4 is 0 Å². The van der Waals surface area contributed by atoms with Crippen LogP contribution in [0.5, 0.6) is 0 Å². The molecule has 0 bridgehead atoms. The zero-order valence-electron chi connectivity index (χ0n) is 12.9. The second-order valence-corrected chi connectivity index (χ2v) is 5.75. The quantitative estimate of drug-likeness (QED) is 0.767. The molecule has 0 amide bonds. The van der Waals surface area contributed by atoms with Crippen molar-refractivity contribution in [2.75, 3.05) is 6.54 Å². The highest BCUT2D eigenvalue weighted by Crippen LogP contribution is 2.23. The van der Waals surface area contributed by atoms with Gasteiger partial charge >= 0.3 is 0 Å². The summed E-state index contributed by atoms with van der Waals surface area (Å²) in [6.07, 6.45) is 0.901. The largest absolute Gasteiger partial charge is 0.298 e. The van der Waals surface area contributed by atoms with Gasteiger partial charge in [-0.25, -0.2) is 0 Å². The monoisotopic (exact) mass is 258 g/mol. The van der Waals surface area contributed by atoms with Gasteiger partial charge in [0, 0.05) is 18.6 Å². The van der Waals surface area contributed by atoms with Crippen LogP contribution in [0.2, 0.25) is 0 Å². The first-order valence-corrected chi connectivity index (χ1v) is 7.18. The van der Waals surface area contributed by atoms with E-state index in [0.717, 1.165) is 13.0 Å². The van der Waals surface area contributed by atoms with Crippen molar-refractivity contribution in [3.05, 3.63) is 35.4 Å². The first kappa shape index (κ1) is 15.7. The van der Waals surface area contributed by atoms with Crippen molar-refractivity contribution in [2.24, 2.45) is 0 Å². The summed E-state index contributed by atoms with van der Waals surface area (Å²) in [6, 6.07) is 11.7. The molecule has 1 aromatic carbocycles. The van der Waals surface area contributed by atoms with Crippen molar-refractivity contribution in [2.45, 2.75) is 59.0 Å². The minimum Gasteiger partial charge on any atom is -0.298 e. The molecule has 0 heterocycles. The van der Waals surface area contributed by atoms with Crippen LogP contribution in [0.25, 0.3) is 0 Å². The Labute approximate surface area is 118 Å². The maximum Gasteiger partial charge on any atom is 0.0727 e. The van der Waals surface area contributed by atoms with Crippen molar-refractivity contribution in [3.8, 4) is 6.07 Å². The maximum atomic E-state index is 9.43. The van der Waals surface area contributed by atoms with E-state index in [0.29, 0.717) is 12.1 Å². The lowest BCUT2D eigenvalue weighted by molar-refractivity contribution is 0.171. The van der Waals surface area contributed by atoms with Crippen molar-refractivity contribution >= 4 is 0 Å². The molecule has 0 spiro atoms. The number of hydrogen-bond acceptors (Lipinski definition) is 2. The van der Waals surface area contributed by atoms with E-state index in [2.05, 4.69) is 57.7 Å². The molecule has 0 aromatic heterocycles. The van der Waals surface area contributed by atoms with Gasteiger partial charge < -0.3 is 0 Å². The topological polar surface area (TPSA) is 27.0 Å². The van der Waals surface area contributed by atoms with Crippen LogP contribution in [-0.2, 0) is 0 Å². The normalized spacial score (nSPS) is 13.0. The molecule has 0 aliphatic heterocycles. The summed E-state index contributed by atoms with van der Waals surface area (Å²) in [4.78, 5) is 2.45. The van der Waals surface area contributed by atoms with E-state index in [1.807, 2.05) is 12.1 Å². The smallest absolute Gasteiger partial charge is 0.0727 e. The molecule has 0 aliphatic carbocycles. The first-order valence-electron chi connectivity index (χ1n) is 7.18. The molecule has 0 aliphatic rings. The molecular formula is C17H26N2. The van der Waals surface area contributed by atoms with Gasteiger partial charge in [-0.3, -0.25) is 4.90 Å². The lowest BCUT2D eigenvalue weighted by Crippen LogP contribution is -2.38. The average molecular weight is 258 g/mol. The van der Waals surface area contributed by atoms with Gasteiger partial charge in [0.2, 0.25) is 0 Å². The van der Waals surface area contributed by atoms with E-state index in [1.54, 1.807) is 0 Å². The van der Waals surface area contributed by atoms with E-state index in [4.69, 9.17) is 0 Å². The van der Waals surface area contributed by atoms with E-state index in [1.165, 1.54) is 11.1 Å². The van der Waals surface area contributed by atoms with Crippen molar-refractivity contribution in [3.63, 3.8) is 0 Å². The molecule has 0 N–H and O–H groups in total. The third-order valence-corrected chi connectivity index (χ3v) is 3.72. The van der Waals surface area contributed by atoms with Crippen molar-refractivity contribution in [1.82, 2.24) is 4.90 Å². The van der Waals surface area contributed by atoms with Gasteiger partial charge in [0.1, 0.15) is 0 Å². The van der Waals surface area contributed by atoms with E-state index in [-0.39, 0.29) is 5.92 Å². The Hall–Kier alpha value is -1.33. The molecular weight excluding hydrogens is 232 g/mol. The van der Waals surface area contributed by atoms with Gasteiger partial charge in [0.05, 0.1) is 12.0 Å². The minimum atomic E-state index is 0.00111. The second kappa shape index (κ2) is 7.31. The molecule has 0 unspecified atom stereocenters. The highest BCUT2D eigenvalue weighted by molar-refractivity contribution is 5.32. The van der Waals surface area contributed by atoms with Crippen LogP contribution in [0.4, 0.5) is 0 Å². The summed E-state index contributed by atoms with van der Waals surface area (Å²) in [6.45, 7) is 11.9. The summed E-state index contributed by atoms with van der Waals surface area (Å²) in [5, 5.41) is 9.43. The predicted octanol–water partition coefficient (Wildman–Crippen LogP) is 4.11. The molecule has 1 atom stereocenters. The summed E-state index contributed by atoms with van der Waals surface area (Å²) < 4.78 is 0. The Kier molecular flexibility index (Phi) is 6.05. The van der Waals surface area contributed by atoms with Crippen LogP contribution in [-0.4, -0.2) is 23.5 Å². The fourth-order valence-corrected chi connectivity index (χ4v) is 2.66. The van der Waals surface area contributed by atoms with Crippen molar-refractivity contribution in [1.29, 1.82) is 5.26 Å². The maximum absolute atomic E-state index is 9.43.